The van der Waals surface area contributed by atoms with Gasteiger partial charge in [-0.05, 0) is 31.7 Å². The van der Waals surface area contributed by atoms with E-state index in [2.05, 4.69) is 29.4 Å². The molecule has 3 rings (SSSR count). The molecule has 0 radical (unpaired) electrons. The quantitative estimate of drug-likeness (QED) is 0.844. The van der Waals surface area contributed by atoms with Crippen LogP contribution in [0.4, 0.5) is 0 Å². The van der Waals surface area contributed by atoms with E-state index in [-0.39, 0.29) is 5.78 Å². The lowest BCUT2D eigenvalue weighted by Gasteiger charge is -2.08. The standard InChI is InChI=1S/C16H18N2O/c1-12-16-14(8-5-9-15(16)19)17-18(12)11-10-13-6-3-2-4-7-13/h2-4,6-7H,5,8-11H2,1H3. The van der Waals surface area contributed by atoms with Gasteiger partial charge in [-0.25, -0.2) is 0 Å². The maximum atomic E-state index is 11.9. The Morgan fingerprint density at radius 1 is 1.21 bits per heavy atom. The molecule has 0 saturated carbocycles. The van der Waals surface area contributed by atoms with Crippen LogP contribution in [-0.4, -0.2) is 15.6 Å². The molecule has 0 spiro atoms. The minimum absolute atomic E-state index is 0.268. The highest BCUT2D eigenvalue weighted by Gasteiger charge is 2.24. The van der Waals surface area contributed by atoms with E-state index >= 15 is 0 Å². The fourth-order valence-corrected chi connectivity index (χ4v) is 2.79. The smallest absolute Gasteiger partial charge is 0.166 e. The highest BCUT2D eigenvalue weighted by atomic mass is 16.1. The van der Waals surface area contributed by atoms with Crippen LogP contribution in [-0.2, 0) is 19.4 Å². The SMILES string of the molecule is Cc1c2c(nn1CCc1ccccc1)CCCC2=O. The molecule has 1 aliphatic rings. The van der Waals surface area contributed by atoms with E-state index in [0.717, 1.165) is 42.8 Å². The van der Waals surface area contributed by atoms with Gasteiger partial charge in [0.05, 0.1) is 11.3 Å². The van der Waals surface area contributed by atoms with Gasteiger partial charge in [-0.3, -0.25) is 9.48 Å². The number of rotatable bonds is 3. The Labute approximate surface area is 113 Å². The molecule has 1 heterocycles. The molecule has 0 N–H and O–H groups in total. The Morgan fingerprint density at radius 3 is 2.74 bits per heavy atom. The number of nitrogens with zero attached hydrogens (tertiary/aromatic N) is 2. The molecule has 0 saturated heterocycles. The second-order valence-electron chi connectivity index (χ2n) is 5.14. The van der Waals surface area contributed by atoms with Gasteiger partial charge in [-0.2, -0.15) is 5.10 Å². The number of carbonyl (C=O) groups is 1. The summed E-state index contributed by atoms with van der Waals surface area (Å²) in [7, 11) is 0. The van der Waals surface area contributed by atoms with Crippen molar-refractivity contribution in [2.24, 2.45) is 0 Å². The molecule has 3 heteroatoms. The van der Waals surface area contributed by atoms with Crippen molar-refractivity contribution >= 4 is 5.78 Å². The molecule has 98 valence electrons. The van der Waals surface area contributed by atoms with Crippen molar-refractivity contribution in [1.82, 2.24) is 9.78 Å². The summed E-state index contributed by atoms with van der Waals surface area (Å²) in [4.78, 5) is 11.9. The topological polar surface area (TPSA) is 34.9 Å². The molecule has 0 bridgehead atoms. The number of hydrogen-bond acceptors (Lipinski definition) is 2. The van der Waals surface area contributed by atoms with E-state index in [1.165, 1.54) is 5.56 Å². The van der Waals surface area contributed by atoms with Gasteiger partial charge in [0.2, 0.25) is 0 Å². The van der Waals surface area contributed by atoms with Crippen molar-refractivity contribution in [1.29, 1.82) is 0 Å². The minimum Gasteiger partial charge on any atom is -0.294 e. The third kappa shape index (κ3) is 2.33. The maximum absolute atomic E-state index is 11.9. The van der Waals surface area contributed by atoms with Gasteiger partial charge < -0.3 is 0 Å². The first-order valence-electron chi connectivity index (χ1n) is 6.89. The lowest BCUT2D eigenvalue weighted by Crippen LogP contribution is -2.10. The molecule has 1 aliphatic carbocycles. The van der Waals surface area contributed by atoms with Gasteiger partial charge >= 0.3 is 0 Å². The van der Waals surface area contributed by atoms with E-state index < -0.39 is 0 Å². The largest absolute Gasteiger partial charge is 0.294 e. The average molecular weight is 254 g/mol. The van der Waals surface area contributed by atoms with Crippen LogP contribution in [0.25, 0.3) is 0 Å². The normalized spacial score (nSPS) is 14.5. The molecular weight excluding hydrogens is 236 g/mol. The van der Waals surface area contributed by atoms with Crippen LogP contribution in [0.1, 0.15) is 40.2 Å². The van der Waals surface area contributed by atoms with E-state index in [1.807, 2.05) is 17.7 Å². The molecular formula is C16H18N2O. The number of benzene rings is 1. The summed E-state index contributed by atoms with van der Waals surface area (Å²) in [5.74, 6) is 0.268. The first kappa shape index (κ1) is 12.2. The first-order chi connectivity index (χ1) is 9.25. The number of carbonyl (C=O) groups excluding carboxylic acids is 1. The number of Topliss-reactive ketones (excluding diaryl/α,β-unsaturated/α-hetero) is 1. The van der Waals surface area contributed by atoms with Crippen LogP contribution in [0.5, 0.6) is 0 Å². The Balaban J connectivity index is 1.81. The van der Waals surface area contributed by atoms with E-state index in [4.69, 9.17) is 0 Å². The average Bonchev–Trinajstić information content (AvgIpc) is 2.76. The summed E-state index contributed by atoms with van der Waals surface area (Å²) in [5, 5.41) is 4.61. The van der Waals surface area contributed by atoms with Gasteiger partial charge in [-0.15, -0.1) is 0 Å². The zero-order chi connectivity index (χ0) is 13.2. The van der Waals surface area contributed by atoms with Gasteiger partial charge in [-0.1, -0.05) is 30.3 Å². The second-order valence-corrected chi connectivity index (χ2v) is 5.14. The first-order valence-corrected chi connectivity index (χ1v) is 6.89. The maximum Gasteiger partial charge on any atom is 0.166 e. The highest BCUT2D eigenvalue weighted by molar-refractivity contribution is 5.99. The van der Waals surface area contributed by atoms with Crippen molar-refractivity contribution in [3.8, 4) is 0 Å². The number of fused-ring (bicyclic) bond motifs is 1. The number of aromatic nitrogens is 2. The Bertz CT molecular complexity index is 599. The van der Waals surface area contributed by atoms with Gasteiger partial charge in [0.25, 0.3) is 0 Å². The molecule has 0 amide bonds. The van der Waals surface area contributed by atoms with Crippen LogP contribution in [0.2, 0.25) is 0 Å². The molecule has 3 nitrogen and oxygen atoms in total. The Morgan fingerprint density at radius 2 is 2.00 bits per heavy atom. The highest BCUT2D eigenvalue weighted by Crippen LogP contribution is 2.23. The lowest BCUT2D eigenvalue weighted by atomic mass is 9.95. The van der Waals surface area contributed by atoms with Crippen LogP contribution in [0.15, 0.2) is 30.3 Å². The van der Waals surface area contributed by atoms with Crippen molar-refractivity contribution < 1.29 is 4.79 Å². The third-order valence-electron chi connectivity index (χ3n) is 3.83. The van der Waals surface area contributed by atoms with Gasteiger partial charge in [0.1, 0.15) is 0 Å². The molecule has 0 aliphatic heterocycles. The number of aryl methyl sites for hydroxylation is 3. The summed E-state index contributed by atoms with van der Waals surface area (Å²) < 4.78 is 2.00. The fourth-order valence-electron chi connectivity index (χ4n) is 2.79. The molecule has 2 aromatic rings. The third-order valence-corrected chi connectivity index (χ3v) is 3.83. The van der Waals surface area contributed by atoms with Crippen molar-refractivity contribution in [2.75, 3.05) is 0 Å². The molecule has 1 aromatic carbocycles. The predicted molar refractivity (Wildman–Crippen MR) is 74.4 cm³/mol. The number of ketones is 1. The number of hydrogen-bond donors (Lipinski definition) is 0. The van der Waals surface area contributed by atoms with Gasteiger partial charge in [0.15, 0.2) is 5.78 Å². The summed E-state index contributed by atoms with van der Waals surface area (Å²) in [5.41, 5.74) is 4.23. The minimum atomic E-state index is 0.268. The zero-order valence-electron chi connectivity index (χ0n) is 11.2. The van der Waals surface area contributed by atoms with Crippen LogP contribution in [0.3, 0.4) is 0 Å². The molecule has 0 atom stereocenters. The molecule has 0 fully saturated rings. The molecule has 19 heavy (non-hydrogen) atoms. The van der Waals surface area contributed by atoms with Crippen molar-refractivity contribution in [3.05, 3.63) is 52.8 Å². The summed E-state index contributed by atoms with van der Waals surface area (Å²) in [6, 6.07) is 10.4. The Hall–Kier alpha value is -1.90. The van der Waals surface area contributed by atoms with E-state index in [1.54, 1.807) is 0 Å². The zero-order valence-corrected chi connectivity index (χ0v) is 11.2. The van der Waals surface area contributed by atoms with E-state index in [9.17, 15) is 4.79 Å². The molecule has 0 unspecified atom stereocenters. The summed E-state index contributed by atoms with van der Waals surface area (Å²) in [6.07, 6.45) is 3.52. The fraction of sp³-hybridized carbons (Fsp3) is 0.375. The van der Waals surface area contributed by atoms with Crippen LogP contribution in [0, 0.1) is 6.92 Å². The van der Waals surface area contributed by atoms with Crippen LogP contribution < -0.4 is 0 Å². The van der Waals surface area contributed by atoms with Crippen molar-refractivity contribution in [2.45, 2.75) is 39.2 Å². The Kier molecular flexibility index (Phi) is 3.20. The monoisotopic (exact) mass is 254 g/mol. The van der Waals surface area contributed by atoms with E-state index in [0.29, 0.717) is 6.42 Å². The van der Waals surface area contributed by atoms with Gasteiger partial charge in [0, 0.05) is 18.7 Å². The van der Waals surface area contributed by atoms with Crippen LogP contribution >= 0.6 is 0 Å². The summed E-state index contributed by atoms with van der Waals surface area (Å²) in [6.45, 7) is 2.86. The van der Waals surface area contributed by atoms with Crippen molar-refractivity contribution in [3.63, 3.8) is 0 Å². The second kappa shape index (κ2) is 5.00. The summed E-state index contributed by atoms with van der Waals surface area (Å²) >= 11 is 0. The lowest BCUT2D eigenvalue weighted by molar-refractivity contribution is 0.0972. The predicted octanol–water partition coefficient (Wildman–Crippen LogP) is 2.95. The molecule has 1 aromatic heterocycles.